The van der Waals surface area contributed by atoms with Crippen LogP contribution in [0.2, 0.25) is 0 Å². The molecule has 12 heavy (non-hydrogen) atoms. The molecule has 0 atom stereocenters. The highest BCUT2D eigenvalue weighted by Gasteiger charge is 1.89. The number of anilines is 1. The van der Waals surface area contributed by atoms with Gasteiger partial charge in [-0.25, -0.2) is 0 Å². The first-order valence-electron chi connectivity index (χ1n) is 3.97. The summed E-state index contributed by atoms with van der Waals surface area (Å²) in [4.78, 5) is 4.27. The molecule has 2 N–H and O–H groups in total. The highest BCUT2D eigenvalue weighted by molar-refractivity contribution is 5.90. The summed E-state index contributed by atoms with van der Waals surface area (Å²) in [6.45, 7) is 5.82. The lowest BCUT2D eigenvalue weighted by molar-refractivity contribution is 1.28. The van der Waals surface area contributed by atoms with E-state index in [0.717, 1.165) is 23.5 Å². The van der Waals surface area contributed by atoms with Crippen LogP contribution < -0.4 is 5.73 Å². The van der Waals surface area contributed by atoms with Crippen molar-refractivity contribution < 1.29 is 0 Å². The molecule has 0 fully saturated rings. The molecule has 1 radical (unpaired) electrons. The maximum Gasteiger partial charge on any atom is 0.0630 e. The van der Waals surface area contributed by atoms with Crippen LogP contribution in [0, 0.1) is 6.92 Å². The number of nitrogen functional groups attached to an aromatic ring is 1. The summed E-state index contributed by atoms with van der Waals surface area (Å²) in [6.07, 6.45) is 0.879. The van der Waals surface area contributed by atoms with Crippen LogP contribution in [0.5, 0.6) is 0 Å². The molecule has 0 bridgehead atoms. The molecule has 0 heterocycles. The molecule has 0 aromatic heterocycles. The minimum absolute atomic E-state index is 0.760. The third-order valence-electron chi connectivity index (χ3n) is 1.59. The third kappa shape index (κ3) is 2.38. The first-order valence-corrected chi connectivity index (χ1v) is 3.97. The summed E-state index contributed by atoms with van der Waals surface area (Å²) < 4.78 is 0. The molecule has 2 nitrogen and oxygen atoms in total. The minimum atomic E-state index is 0.760. The van der Waals surface area contributed by atoms with Crippen molar-refractivity contribution in [3.8, 4) is 0 Å². The molecule has 0 amide bonds. The molecule has 1 aromatic carbocycles. The van der Waals surface area contributed by atoms with Gasteiger partial charge in [0, 0.05) is 11.4 Å². The maximum atomic E-state index is 5.53. The SMILES string of the molecule is [CH2]C(CC)=Nc1ccc(N)cc1. The first-order chi connectivity index (χ1) is 5.72. The van der Waals surface area contributed by atoms with Crippen molar-refractivity contribution in [2.45, 2.75) is 13.3 Å². The number of aliphatic imine (C=N–C) groups is 1. The summed E-state index contributed by atoms with van der Waals surface area (Å²) in [6, 6.07) is 7.44. The Balaban J connectivity index is 2.84. The van der Waals surface area contributed by atoms with Gasteiger partial charge in [-0.1, -0.05) is 6.92 Å². The summed E-state index contributed by atoms with van der Waals surface area (Å²) in [5, 5.41) is 0. The predicted molar refractivity (Wildman–Crippen MR) is 53.6 cm³/mol. The van der Waals surface area contributed by atoms with E-state index in [1.54, 1.807) is 0 Å². The number of nitrogens with two attached hydrogens (primary N) is 1. The lowest BCUT2D eigenvalue weighted by Gasteiger charge is -1.96. The topological polar surface area (TPSA) is 38.4 Å². The largest absolute Gasteiger partial charge is 0.399 e. The normalized spacial score (nSPS) is 11.7. The number of hydrogen-bond donors (Lipinski definition) is 1. The number of hydrogen-bond acceptors (Lipinski definition) is 2. The zero-order chi connectivity index (χ0) is 8.97. The van der Waals surface area contributed by atoms with Gasteiger partial charge in [-0.3, -0.25) is 4.99 Å². The van der Waals surface area contributed by atoms with Crippen LogP contribution in [0.15, 0.2) is 29.3 Å². The minimum Gasteiger partial charge on any atom is -0.399 e. The fourth-order valence-electron chi connectivity index (χ4n) is 0.810. The van der Waals surface area contributed by atoms with Crippen molar-refractivity contribution in [3.63, 3.8) is 0 Å². The Kier molecular flexibility index (Phi) is 2.86. The van der Waals surface area contributed by atoms with Crippen molar-refractivity contribution in [3.05, 3.63) is 31.2 Å². The van der Waals surface area contributed by atoms with Gasteiger partial charge in [0.1, 0.15) is 0 Å². The second-order valence-electron chi connectivity index (χ2n) is 2.62. The molecule has 0 aliphatic carbocycles. The Bertz CT molecular complexity index is 272. The molecular weight excluding hydrogens is 148 g/mol. The van der Waals surface area contributed by atoms with Gasteiger partial charge in [-0.15, -0.1) is 0 Å². The van der Waals surface area contributed by atoms with Gasteiger partial charge < -0.3 is 5.73 Å². The predicted octanol–water partition coefficient (Wildman–Crippen LogP) is 2.59. The quantitative estimate of drug-likeness (QED) is 0.525. The smallest absolute Gasteiger partial charge is 0.0630 e. The molecule has 1 rings (SSSR count). The van der Waals surface area contributed by atoms with E-state index in [1.165, 1.54) is 0 Å². The van der Waals surface area contributed by atoms with Gasteiger partial charge in [0.15, 0.2) is 0 Å². The molecule has 0 aliphatic rings. The molecule has 0 saturated carbocycles. The Morgan fingerprint density at radius 3 is 2.50 bits per heavy atom. The highest BCUT2D eigenvalue weighted by atomic mass is 14.7. The summed E-state index contributed by atoms with van der Waals surface area (Å²) in [5.41, 5.74) is 8.09. The van der Waals surface area contributed by atoms with E-state index < -0.39 is 0 Å². The highest BCUT2D eigenvalue weighted by Crippen LogP contribution is 2.14. The zero-order valence-electron chi connectivity index (χ0n) is 7.25. The van der Waals surface area contributed by atoms with Crippen LogP contribution in [0.4, 0.5) is 11.4 Å². The second-order valence-corrected chi connectivity index (χ2v) is 2.62. The van der Waals surface area contributed by atoms with Crippen LogP contribution in [0.25, 0.3) is 0 Å². The van der Waals surface area contributed by atoms with E-state index in [2.05, 4.69) is 11.9 Å². The molecule has 63 valence electrons. The molecule has 0 aliphatic heterocycles. The van der Waals surface area contributed by atoms with Gasteiger partial charge in [0.25, 0.3) is 0 Å². The van der Waals surface area contributed by atoms with Crippen LogP contribution in [0.3, 0.4) is 0 Å². The van der Waals surface area contributed by atoms with Gasteiger partial charge in [-0.2, -0.15) is 0 Å². The zero-order valence-corrected chi connectivity index (χ0v) is 7.25. The monoisotopic (exact) mass is 161 g/mol. The molecule has 0 spiro atoms. The van der Waals surface area contributed by atoms with E-state index in [4.69, 9.17) is 5.73 Å². The maximum absolute atomic E-state index is 5.53. The molecule has 0 saturated heterocycles. The Hall–Kier alpha value is -1.31. The third-order valence-corrected chi connectivity index (χ3v) is 1.59. The number of nitrogens with zero attached hydrogens (tertiary/aromatic N) is 1. The van der Waals surface area contributed by atoms with Crippen molar-refractivity contribution in [1.82, 2.24) is 0 Å². The summed E-state index contributed by atoms with van der Waals surface area (Å²) in [7, 11) is 0. The fourth-order valence-corrected chi connectivity index (χ4v) is 0.810. The second kappa shape index (κ2) is 3.90. The number of rotatable bonds is 2. The van der Waals surface area contributed by atoms with E-state index in [0.29, 0.717) is 0 Å². The summed E-state index contributed by atoms with van der Waals surface area (Å²) in [5.74, 6) is 0. The van der Waals surface area contributed by atoms with E-state index in [-0.39, 0.29) is 0 Å². The average Bonchev–Trinajstić information content (AvgIpc) is 2.09. The van der Waals surface area contributed by atoms with Crippen molar-refractivity contribution in [1.29, 1.82) is 0 Å². The van der Waals surface area contributed by atoms with Gasteiger partial charge in [0.05, 0.1) is 5.69 Å². The van der Waals surface area contributed by atoms with Gasteiger partial charge >= 0.3 is 0 Å². The van der Waals surface area contributed by atoms with Gasteiger partial charge in [-0.05, 0) is 37.6 Å². The first kappa shape index (κ1) is 8.78. The van der Waals surface area contributed by atoms with E-state index in [1.807, 2.05) is 31.2 Å². The van der Waals surface area contributed by atoms with Crippen molar-refractivity contribution in [2.24, 2.45) is 4.99 Å². The molecular formula is C10H13N2. The lowest BCUT2D eigenvalue weighted by atomic mass is 10.3. The van der Waals surface area contributed by atoms with E-state index in [9.17, 15) is 0 Å². The standard InChI is InChI=1S/C10H13N2/c1-3-8(2)12-10-6-4-9(11)5-7-10/h4-7H,2-3,11H2,1H3. The van der Waals surface area contributed by atoms with Crippen LogP contribution >= 0.6 is 0 Å². The van der Waals surface area contributed by atoms with Crippen LogP contribution in [0.1, 0.15) is 13.3 Å². The average molecular weight is 161 g/mol. The summed E-state index contributed by atoms with van der Waals surface area (Å²) >= 11 is 0. The number of benzene rings is 1. The molecule has 1 aromatic rings. The van der Waals surface area contributed by atoms with Gasteiger partial charge in [0.2, 0.25) is 0 Å². The molecule has 2 heteroatoms. The Morgan fingerprint density at radius 1 is 1.42 bits per heavy atom. The Morgan fingerprint density at radius 2 is 2.00 bits per heavy atom. The van der Waals surface area contributed by atoms with Crippen LogP contribution in [-0.4, -0.2) is 5.71 Å². The lowest BCUT2D eigenvalue weighted by Crippen LogP contribution is -1.86. The van der Waals surface area contributed by atoms with Crippen molar-refractivity contribution in [2.75, 3.05) is 5.73 Å². The van der Waals surface area contributed by atoms with E-state index >= 15 is 0 Å². The molecule has 0 unspecified atom stereocenters. The van der Waals surface area contributed by atoms with Crippen molar-refractivity contribution >= 4 is 17.1 Å². The van der Waals surface area contributed by atoms with Crippen LogP contribution in [-0.2, 0) is 0 Å². The Labute approximate surface area is 73.1 Å². The fraction of sp³-hybridized carbons (Fsp3) is 0.200.